The maximum absolute atomic E-state index is 13.2. The van der Waals surface area contributed by atoms with Crippen LogP contribution in [0.5, 0.6) is 0 Å². The van der Waals surface area contributed by atoms with Crippen molar-refractivity contribution >= 4 is 36.8 Å². The molecule has 0 saturated carbocycles. The van der Waals surface area contributed by atoms with E-state index in [1.165, 1.54) is 89.9 Å². The number of phosphoric acid groups is 1. The molecule has 0 aliphatic heterocycles. The summed E-state index contributed by atoms with van der Waals surface area (Å²) in [6.07, 6.45) is 27.7. The van der Waals surface area contributed by atoms with E-state index in [0.29, 0.717) is 25.0 Å². The van der Waals surface area contributed by atoms with Gasteiger partial charge in [-0.15, -0.1) is 0 Å². The van der Waals surface area contributed by atoms with E-state index in [4.69, 9.17) is 13.6 Å². The molecule has 0 N–H and O–H groups in total. The van der Waals surface area contributed by atoms with Crippen LogP contribution in [0.25, 0.3) is 0 Å². The van der Waals surface area contributed by atoms with Gasteiger partial charge in [0.2, 0.25) is 0 Å². The highest BCUT2D eigenvalue weighted by atomic mass is 31.2. The number of phosphoric ester groups is 1. The fraction of sp³-hybridized carbons (Fsp3) is 0.971. The average molecular weight is 615 g/mol. The Hall–Kier alpha value is 0.386. The molecule has 0 amide bonds. The Morgan fingerprint density at radius 1 is 0.537 bits per heavy atom. The maximum Gasteiger partial charge on any atom is 0.532 e. The fourth-order valence-corrected chi connectivity index (χ4v) is 6.14. The SMILES string of the molecule is CCCCCCCCCCCCCCCCCC(=O)OP(=O)(OCCCCCC(C)C)OCCCCCC(C)C.[MgH2]. The summed E-state index contributed by atoms with van der Waals surface area (Å²) in [5.41, 5.74) is 0. The molecule has 0 fully saturated rings. The number of unbranched alkanes of at least 4 members (excludes halogenated alkanes) is 18. The molecule has 0 radical (unpaired) electrons. The molecule has 0 saturated heterocycles. The first-order valence-electron chi connectivity index (χ1n) is 17.4. The Morgan fingerprint density at radius 2 is 0.878 bits per heavy atom. The molecule has 244 valence electrons. The van der Waals surface area contributed by atoms with E-state index >= 15 is 0 Å². The lowest BCUT2D eigenvalue weighted by Gasteiger charge is -2.18. The van der Waals surface area contributed by atoms with Crippen molar-refractivity contribution in [1.29, 1.82) is 0 Å². The van der Waals surface area contributed by atoms with Gasteiger partial charge >= 0.3 is 36.8 Å². The highest BCUT2D eigenvalue weighted by Crippen LogP contribution is 2.50. The summed E-state index contributed by atoms with van der Waals surface area (Å²) in [5.74, 6) is 0.913. The summed E-state index contributed by atoms with van der Waals surface area (Å²) in [5, 5.41) is 0. The van der Waals surface area contributed by atoms with E-state index in [0.717, 1.165) is 57.8 Å². The lowest BCUT2D eigenvalue weighted by atomic mass is 10.0. The smallest absolute Gasteiger partial charge is 0.370 e. The Balaban J connectivity index is 0. The van der Waals surface area contributed by atoms with Gasteiger partial charge < -0.3 is 4.52 Å². The first-order chi connectivity index (χ1) is 19.3. The quantitative estimate of drug-likeness (QED) is 0.0441. The van der Waals surface area contributed by atoms with E-state index < -0.39 is 13.8 Å². The van der Waals surface area contributed by atoms with Gasteiger partial charge in [0.05, 0.1) is 13.2 Å². The van der Waals surface area contributed by atoms with Crippen LogP contribution in [0.3, 0.4) is 0 Å². The van der Waals surface area contributed by atoms with Gasteiger partial charge in [-0.1, -0.05) is 163 Å². The van der Waals surface area contributed by atoms with Crippen LogP contribution >= 0.6 is 7.82 Å². The van der Waals surface area contributed by atoms with Gasteiger partial charge in [-0.25, -0.2) is 4.57 Å². The molecule has 0 atom stereocenters. The molecule has 5 nitrogen and oxygen atoms in total. The molecule has 0 aromatic rings. The zero-order valence-electron chi connectivity index (χ0n) is 27.5. The van der Waals surface area contributed by atoms with Crippen molar-refractivity contribution in [3.8, 4) is 0 Å². The first kappa shape index (κ1) is 43.5. The van der Waals surface area contributed by atoms with E-state index in [1.54, 1.807) is 0 Å². The Morgan fingerprint density at radius 3 is 1.24 bits per heavy atom. The van der Waals surface area contributed by atoms with Gasteiger partial charge in [-0.3, -0.25) is 13.8 Å². The van der Waals surface area contributed by atoms with E-state index in [9.17, 15) is 9.36 Å². The van der Waals surface area contributed by atoms with Crippen molar-refractivity contribution in [2.24, 2.45) is 11.8 Å². The van der Waals surface area contributed by atoms with Gasteiger partial charge in [0.15, 0.2) is 0 Å². The van der Waals surface area contributed by atoms with E-state index in [-0.39, 0.29) is 29.5 Å². The number of hydrogen-bond acceptors (Lipinski definition) is 5. The molecule has 0 aliphatic rings. The molecule has 0 aliphatic carbocycles. The van der Waals surface area contributed by atoms with Crippen molar-refractivity contribution in [3.05, 3.63) is 0 Å². The molecule has 0 heterocycles. The van der Waals surface area contributed by atoms with Crippen molar-refractivity contribution < 1.29 is 22.9 Å². The van der Waals surface area contributed by atoms with Crippen LogP contribution in [0.2, 0.25) is 0 Å². The largest absolute Gasteiger partial charge is 0.532 e. The molecule has 0 bridgehead atoms. The second kappa shape index (κ2) is 31.8. The summed E-state index contributed by atoms with van der Waals surface area (Å²) in [7, 11) is -3.85. The van der Waals surface area contributed by atoms with Gasteiger partial charge in [0.25, 0.3) is 0 Å². The van der Waals surface area contributed by atoms with Crippen LogP contribution < -0.4 is 0 Å². The standard InChI is InChI=1S/C34H69O5P.Mg.2H/c1-6-7-8-9-10-11-12-13-14-15-16-17-18-19-24-29-34(35)39-40(36,37-30-25-20-22-27-32(2)3)38-31-26-21-23-28-33(4)5;;;/h32-33H,6-31H2,1-5H3;;;. The minimum atomic E-state index is -3.85. The highest BCUT2D eigenvalue weighted by Gasteiger charge is 2.30. The molecule has 0 rings (SSSR count). The maximum atomic E-state index is 13.2. The summed E-state index contributed by atoms with van der Waals surface area (Å²) in [6, 6.07) is 0. The van der Waals surface area contributed by atoms with Crippen LogP contribution in [0.15, 0.2) is 0 Å². The average Bonchev–Trinajstić information content (AvgIpc) is 2.90. The van der Waals surface area contributed by atoms with Crippen LogP contribution in [0.1, 0.15) is 189 Å². The van der Waals surface area contributed by atoms with Gasteiger partial charge in [-0.2, -0.15) is 0 Å². The third kappa shape index (κ3) is 33.1. The van der Waals surface area contributed by atoms with Crippen molar-refractivity contribution in [2.75, 3.05) is 13.2 Å². The van der Waals surface area contributed by atoms with E-state index in [1.807, 2.05) is 0 Å². The van der Waals surface area contributed by atoms with Gasteiger partial charge in [0.1, 0.15) is 0 Å². The predicted molar refractivity (Wildman–Crippen MR) is 180 cm³/mol. The number of hydrogen-bond donors (Lipinski definition) is 0. The minimum absolute atomic E-state index is 0. The third-order valence-corrected chi connectivity index (χ3v) is 8.97. The van der Waals surface area contributed by atoms with Crippen LogP contribution in [-0.2, 0) is 22.9 Å². The van der Waals surface area contributed by atoms with Crippen LogP contribution in [0.4, 0.5) is 0 Å². The summed E-state index contributed by atoms with van der Waals surface area (Å²) in [4.78, 5) is 12.5. The molecule has 0 unspecified atom stereocenters. The summed E-state index contributed by atoms with van der Waals surface area (Å²) < 4.78 is 29.6. The molecular weight excluding hydrogens is 544 g/mol. The van der Waals surface area contributed by atoms with Crippen LogP contribution in [-0.4, -0.2) is 42.2 Å². The van der Waals surface area contributed by atoms with Crippen molar-refractivity contribution in [1.82, 2.24) is 0 Å². The van der Waals surface area contributed by atoms with E-state index in [2.05, 4.69) is 34.6 Å². The summed E-state index contributed by atoms with van der Waals surface area (Å²) >= 11 is 0. The molecule has 0 aromatic heterocycles. The normalized spacial score (nSPS) is 11.8. The number of carbonyl (C=O) groups excluding carboxylic acids is 1. The van der Waals surface area contributed by atoms with Gasteiger partial charge in [0, 0.05) is 6.42 Å². The Bertz CT molecular complexity index is 576. The molecule has 41 heavy (non-hydrogen) atoms. The lowest BCUT2D eigenvalue weighted by Crippen LogP contribution is -2.09. The second-order valence-corrected chi connectivity index (χ2v) is 14.4. The van der Waals surface area contributed by atoms with Crippen molar-refractivity contribution in [2.45, 2.75) is 189 Å². The number of rotatable bonds is 31. The van der Waals surface area contributed by atoms with Gasteiger partial charge in [-0.05, 0) is 31.1 Å². The Labute approximate surface area is 272 Å². The van der Waals surface area contributed by atoms with Crippen LogP contribution in [0, 0.1) is 11.8 Å². The molecule has 0 spiro atoms. The predicted octanol–water partition coefficient (Wildman–Crippen LogP) is 11.4. The zero-order valence-corrected chi connectivity index (χ0v) is 28.4. The third-order valence-electron chi connectivity index (χ3n) is 7.55. The molecular formula is C34H71MgO5P. The summed E-state index contributed by atoms with van der Waals surface area (Å²) in [6.45, 7) is 11.8. The molecule has 7 heteroatoms. The first-order valence-corrected chi connectivity index (χ1v) is 18.9. The zero-order chi connectivity index (χ0) is 29.7. The lowest BCUT2D eigenvalue weighted by molar-refractivity contribution is -0.136. The monoisotopic (exact) mass is 614 g/mol. The minimum Gasteiger partial charge on any atom is -0.370 e. The second-order valence-electron chi connectivity index (χ2n) is 12.8. The Kier molecular flexibility index (Phi) is 33.8. The molecule has 0 aromatic carbocycles. The fourth-order valence-electron chi connectivity index (χ4n) is 4.92. The highest BCUT2D eigenvalue weighted by molar-refractivity contribution is 7.49. The number of carbonyl (C=O) groups is 1. The van der Waals surface area contributed by atoms with Crippen molar-refractivity contribution in [3.63, 3.8) is 0 Å². The topological polar surface area (TPSA) is 61.8 Å².